The number of benzene rings is 2. The van der Waals surface area contributed by atoms with E-state index in [9.17, 15) is 17.8 Å². The van der Waals surface area contributed by atoms with Crippen molar-refractivity contribution in [2.45, 2.75) is 38.5 Å². The molecule has 0 spiro atoms. The Bertz CT molecular complexity index is 1510. The molecule has 1 saturated heterocycles. The molecule has 3 N–H and O–H groups in total. The summed E-state index contributed by atoms with van der Waals surface area (Å²) in [6.07, 6.45) is 8.93. The van der Waals surface area contributed by atoms with Gasteiger partial charge in [0, 0.05) is 26.2 Å². The van der Waals surface area contributed by atoms with Crippen molar-refractivity contribution in [2.24, 2.45) is 0 Å². The lowest BCUT2D eigenvalue weighted by atomic mass is 10.0. The maximum atomic E-state index is 13.2. The quantitative estimate of drug-likeness (QED) is 0.451. The molecule has 196 valence electrons. The Morgan fingerprint density at radius 2 is 1.89 bits per heavy atom. The smallest absolute Gasteiger partial charge is 0.297 e. The maximum Gasteiger partial charge on any atom is 0.297 e. The van der Waals surface area contributed by atoms with Crippen LogP contribution in [0.25, 0.3) is 0 Å². The fourth-order valence-corrected chi connectivity index (χ4v) is 6.58. The molecular weight excluding hydrogens is 500 g/mol. The van der Waals surface area contributed by atoms with Gasteiger partial charge in [-0.2, -0.15) is 8.42 Å². The van der Waals surface area contributed by atoms with Gasteiger partial charge in [-0.05, 0) is 59.9 Å². The summed E-state index contributed by atoms with van der Waals surface area (Å²) in [6.45, 7) is 3.63. The highest BCUT2D eigenvalue weighted by Gasteiger charge is 2.41. The summed E-state index contributed by atoms with van der Waals surface area (Å²) < 4.78 is 34.7. The second kappa shape index (κ2) is 9.90. The Hall–Kier alpha value is -3.66. The van der Waals surface area contributed by atoms with Crippen LogP contribution in [0, 0.1) is 0 Å². The third-order valence-corrected chi connectivity index (χ3v) is 8.43. The van der Waals surface area contributed by atoms with E-state index in [2.05, 4.69) is 51.9 Å². The minimum absolute atomic E-state index is 0.0240. The number of allylic oxidation sites excluding steroid dienone is 3. The van der Waals surface area contributed by atoms with Gasteiger partial charge in [-0.3, -0.25) is 14.2 Å². The lowest BCUT2D eigenvalue weighted by molar-refractivity contribution is -0.117. The highest BCUT2D eigenvalue weighted by Crippen LogP contribution is 2.37. The molecule has 1 fully saturated rings. The molecule has 1 amide bonds. The van der Waals surface area contributed by atoms with E-state index in [-0.39, 0.29) is 23.1 Å². The molecule has 9 heteroatoms. The highest BCUT2D eigenvalue weighted by molar-refractivity contribution is 7.90. The van der Waals surface area contributed by atoms with Crippen molar-refractivity contribution in [3.05, 3.63) is 117 Å². The number of hydrogen-bond donors (Lipinski definition) is 3. The van der Waals surface area contributed by atoms with Crippen molar-refractivity contribution in [2.75, 3.05) is 13.1 Å². The van der Waals surface area contributed by atoms with Crippen LogP contribution in [0.4, 0.5) is 0 Å². The SMILES string of the molecule is O=C(NCc1ccc2c(c1)CN(CCCc1ccccc1)C2)C1=CC2CNC3=CC=CC(=C1S(=O)(=O)O)N32. The van der Waals surface area contributed by atoms with E-state index < -0.39 is 16.0 Å². The van der Waals surface area contributed by atoms with E-state index >= 15 is 0 Å². The van der Waals surface area contributed by atoms with Crippen LogP contribution in [0.3, 0.4) is 0 Å². The second-order valence-corrected chi connectivity index (χ2v) is 11.4. The van der Waals surface area contributed by atoms with Crippen molar-refractivity contribution in [1.82, 2.24) is 20.4 Å². The number of amides is 1. The maximum absolute atomic E-state index is 13.2. The van der Waals surface area contributed by atoms with Crippen LogP contribution >= 0.6 is 0 Å². The molecule has 0 bridgehead atoms. The average Bonchev–Trinajstić information content (AvgIpc) is 3.51. The van der Waals surface area contributed by atoms with Crippen LogP contribution in [0.2, 0.25) is 0 Å². The first kappa shape index (κ1) is 24.7. The molecule has 38 heavy (non-hydrogen) atoms. The Morgan fingerprint density at radius 1 is 1.08 bits per heavy atom. The van der Waals surface area contributed by atoms with Crippen LogP contribution in [0.1, 0.15) is 28.7 Å². The summed E-state index contributed by atoms with van der Waals surface area (Å²) in [5, 5.41) is 6.08. The molecule has 6 rings (SSSR count). The molecule has 4 aliphatic heterocycles. The summed E-state index contributed by atoms with van der Waals surface area (Å²) in [4.78, 5) is 17.1. The fraction of sp³-hybridized carbons (Fsp3) is 0.276. The number of nitrogens with one attached hydrogen (secondary N) is 2. The van der Waals surface area contributed by atoms with Crippen molar-refractivity contribution in [1.29, 1.82) is 0 Å². The largest absolute Gasteiger partial charge is 0.369 e. The molecule has 1 unspecified atom stereocenters. The summed E-state index contributed by atoms with van der Waals surface area (Å²) >= 11 is 0. The van der Waals surface area contributed by atoms with Gasteiger partial charge in [0.05, 0.1) is 17.3 Å². The molecule has 4 aliphatic rings. The Morgan fingerprint density at radius 3 is 2.71 bits per heavy atom. The zero-order chi connectivity index (χ0) is 26.3. The molecule has 2 aromatic carbocycles. The summed E-state index contributed by atoms with van der Waals surface area (Å²) in [6, 6.07) is 16.6. The van der Waals surface area contributed by atoms with Crippen molar-refractivity contribution >= 4 is 16.0 Å². The monoisotopic (exact) mass is 530 g/mol. The number of rotatable bonds is 8. The number of fused-ring (bicyclic) bond motifs is 1. The Kier molecular flexibility index (Phi) is 6.43. The van der Waals surface area contributed by atoms with E-state index in [1.807, 2.05) is 18.2 Å². The van der Waals surface area contributed by atoms with Gasteiger partial charge >= 0.3 is 0 Å². The molecule has 8 nitrogen and oxygen atoms in total. The summed E-state index contributed by atoms with van der Waals surface area (Å²) in [5.74, 6) is 0.223. The normalized spacial score (nSPS) is 20.0. The topological polar surface area (TPSA) is 102 Å². The Labute approximate surface area is 222 Å². The lowest BCUT2D eigenvalue weighted by Gasteiger charge is -2.33. The van der Waals surface area contributed by atoms with E-state index in [1.165, 1.54) is 16.7 Å². The van der Waals surface area contributed by atoms with Gasteiger partial charge in [-0.15, -0.1) is 0 Å². The van der Waals surface area contributed by atoms with Crippen molar-refractivity contribution in [3.63, 3.8) is 0 Å². The minimum Gasteiger partial charge on any atom is -0.369 e. The number of nitrogens with zero attached hydrogens (tertiary/aromatic N) is 2. The van der Waals surface area contributed by atoms with E-state index in [0.717, 1.165) is 43.9 Å². The van der Waals surface area contributed by atoms with Gasteiger partial charge in [0.2, 0.25) is 0 Å². The van der Waals surface area contributed by atoms with Crippen LogP contribution in [0.15, 0.2) is 94.8 Å². The van der Waals surface area contributed by atoms with Gasteiger partial charge < -0.3 is 15.5 Å². The van der Waals surface area contributed by atoms with Crippen LogP contribution < -0.4 is 10.6 Å². The first-order chi connectivity index (χ1) is 18.4. The minimum atomic E-state index is -4.64. The molecule has 0 saturated carbocycles. The first-order valence-electron chi connectivity index (χ1n) is 12.9. The predicted molar refractivity (Wildman–Crippen MR) is 145 cm³/mol. The molecule has 0 aliphatic carbocycles. The lowest BCUT2D eigenvalue weighted by Crippen LogP contribution is -2.38. The van der Waals surface area contributed by atoms with E-state index in [0.29, 0.717) is 12.2 Å². The van der Waals surface area contributed by atoms with Gasteiger partial charge in [0.15, 0.2) is 0 Å². The molecule has 0 radical (unpaired) electrons. The first-order valence-corrected chi connectivity index (χ1v) is 14.3. The second-order valence-electron chi connectivity index (χ2n) is 10.1. The van der Waals surface area contributed by atoms with Crippen LogP contribution in [-0.2, 0) is 41.0 Å². The molecule has 2 aromatic rings. The van der Waals surface area contributed by atoms with Gasteiger partial charge in [-0.25, -0.2) is 0 Å². The fourth-order valence-electron chi connectivity index (χ4n) is 5.71. The van der Waals surface area contributed by atoms with E-state index in [4.69, 9.17) is 0 Å². The molecule has 1 atom stereocenters. The zero-order valence-electron chi connectivity index (χ0n) is 20.9. The van der Waals surface area contributed by atoms with Crippen LogP contribution in [0.5, 0.6) is 0 Å². The third kappa shape index (κ3) is 4.80. The van der Waals surface area contributed by atoms with Crippen LogP contribution in [-0.4, -0.2) is 47.8 Å². The predicted octanol–water partition coefficient (Wildman–Crippen LogP) is 2.98. The highest BCUT2D eigenvalue weighted by atomic mass is 32.2. The standard InChI is InChI=1S/C29H30N4O4S/c34-29(25-15-24-17-30-27-10-4-9-26(33(24)27)28(25)38(35,36)37)31-16-21-11-12-22-18-32(19-23(22)14-21)13-5-8-20-6-2-1-3-7-20/h1-4,6-7,9-12,14-15,24,30H,5,8,13,16-19H2,(H,31,34)(H,35,36,37). The van der Waals surface area contributed by atoms with Crippen molar-refractivity contribution < 1.29 is 17.8 Å². The number of aryl methyl sites for hydroxylation is 1. The van der Waals surface area contributed by atoms with Gasteiger partial charge in [0.25, 0.3) is 16.0 Å². The van der Waals surface area contributed by atoms with E-state index in [1.54, 1.807) is 23.1 Å². The van der Waals surface area contributed by atoms with Crippen molar-refractivity contribution in [3.8, 4) is 0 Å². The molecule has 4 heterocycles. The number of hydrogen-bond acceptors (Lipinski definition) is 6. The molecular formula is C29H30N4O4S. The Balaban J connectivity index is 1.11. The summed E-state index contributed by atoms with van der Waals surface area (Å²) in [5.41, 5.74) is 5.15. The van der Waals surface area contributed by atoms with Gasteiger partial charge in [-0.1, -0.05) is 54.6 Å². The third-order valence-electron chi connectivity index (χ3n) is 7.48. The number of carbonyl (C=O) groups is 1. The average molecular weight is 531 g/mol. The van der Waals surface area contributed by atoms with Gasteiger partial charge in [0.1, 0.15) is 10.7 Å². The molecule has 0 aromatic heterocycles. The zero-order valence-corrected chi connectivity index (χ0v) is 21.7. The summed E-state index contributed by atoms with van der Waals surface area (Å²) in [7, 11) is -4.64. The number of carbonyl (C=O) groups excluding carboxylic acids is 1.